The van der Waals surface area contributed by atoms with Crippen molar-refractivity contribution in [2.24, 2.45) is 5.92 Å². The molecule has 0 saturated carbocycles. The van der Waals surface area contributed by atoms with Crippen LogP contribution in [0.2, 0.25) is 5.02 Å². The molecule has 0 bridgehead atoms. The molecule has 1 fully saturated rings. The van der Waals surface area contributed by atoms with E-state index in [9.17, 15) is 58.8 Å². The fourth-order valence-electron chi connectivity index (χ4n) is 8.72. The molecule has 72 heavy (non-hydrogen) atoms. The number of aromatic nitrogens is 5. The average molecular weight is 1080 g/mol. The van der Waals surface area contributed by atoms with Gasteiger partial charge in [0, 0.05) is 65.6 Å². The van der Waals surface area contributed by atoms with E-state index in [2.05, 4.69) is 32.3 Å². The lowest BCUT2D eigenvalue weighted by atomic mass is 9.93. The van der Waals surface area contributed by atoms with Gasteiger partial charge in [0.2, 0.25) is 5.91 Å². The van der Waals surface area contributed by atoms with Crippen molar-refractivity contribution in [3.63, 3.8) is 0 Å². The van der Waals surface area contributed by atoms with E-state index in [-0.39, 0.29) is 80.4 Å². The molecule has 386 valence electrons. The average Bonchev–Trinajstić information content (AvgIpc) is 3.92. The Morgan fingerprint density at radius 2 is 1.64 bits per heavy atom. The topological polar surface area (TPSA) is 156 Å². The van der Waals surface area contributed by atoms with Gasteiger partial charge in [0.25, 0.3) is 5.92 Å². The number of hydrogen-bond acceptors (Lipinski definition) is 8. The normalized spacial score (nSPS) is 17.1. The molecular weight excluding hydrogens is 1030 g/mol. The number of carboxylic acids is 1. The molecule has 3 amide bonds. The van der Waals surface area contributed by atoms with Gasteiger partial charge in [-0.1, -0.05) is 30.5 Å². The summed E-state index contributed by atoms with van der Waals surface area (Å²) in [5, 5.41) is 19.3. The predicted octanol–water partition coefficient (Wildman–Crippen LogP) is 10.0. The van der Waals surface area contributed by atoms with Gasteiger partial charge in [-0.05, 0) is 92.8 Å². The number of aliphatic carboxylic acids is 1. The highest BCUT2D eigenvalue weighted by atomic mass is 35.5. The minimum atomic E-state index is -5.20. The van der Waals surface area contributed by atoms with Crippen LogP contribution in [0, 0.1) is 29.4 Å². The Kier molecular flexibility index (Phi) is 15.1. The second kappa shape index (κ2) is 20.2. The van der Waals surface area contributed by atoms with Crippen LogP contribution < -0.4 is 9.62 Å². The lowest BCUT2D eigenvalue weighted by Crippen LogP contribution is -2.45. The van der Waals surface area contributed by atoms with Crippen LogP contribution in [0.1, 0.15) is 85.9 Å². The van der Waals surface area contributed by atoms with Gasteiger partial charge >= 0.3 is 24.4 Å². The van der Waals surface area contributed by atoms with Gasteiger partial charge in [0.1, 0.15) is 40.9 Å². The molecule has 7 rings (SSSR count). The quantitative estimate of drug-likeness (QED) is 0.0706. The van der Waals surface area contributed by atoms with E-state index in [1.54, 1.807) is 13.8 Å². The number of urea groups is 1. The monoisotopic (exact) mass is 1080 g/mol. The van der Waals surface area contributed by atoms with Gasteiger partial charge in [0.15, 0.2) is 11.5 Å². The molecule has 1 aliphatic carbocycles. The molecule has 3 aromatic heterocycles. The summed E-state index contributed by atoms with van der Waals surface area (Å²) in [5.74, 6) is -5.14. The molecule has 13 nitrogen and oxygen atoms in total. The molecule has 2 aromatic carbocycles. The number of likely N-dealkylation sites (tertiary alicyclic amines) is 1. The van der Waals surface area contributed by atoms with Crippen LogP contribution in [0.25, 0.3) is 22.0 Å². The summed E-state index contributed by atoms with van der Waals surface area (Å²) in [6.07, 6.45) is -8.78. The molecule has 1 saturated heterocycles. The number of fused-ring (bicyclic) bond motifs is 2. The number of benzene rings is 2. The standard InChI is InChI=1S/C46H43ClF10N8O5S2/c1-23-20-44(50,51)39-34(23)38(46(55,56)57)60-63(39)21-33(66)59-32(18-24-16-26(48)19-27(49)17-24)36-29(7-6-28(58-36)10-13-43(2,3)72(5)70)30-8-9-31(47)35-37(30)64(22-45(52,53)54)61-40(35)65(71-4)42(69)62-14-11-25(12-15-62)41(67)68/h6-9,16-17,19,23,25,32H,11-12,14-15,18,20-22H2,1-5H3,(H,59,66)(H,67,68)/t23-,32?,72?/m0/s1. The Labute approximate surface area is 416 Å². The van der Waals surface area contributed by atoms with Gasteiger partial charge in [-0.15, -0.1) is 0 Å². The predicted molar refractivity (Wildman–Crippen MR) is 247 cm³/mol. The molecule has 3 atom stereocenters. The highest BCUT2D eigenvalue weighted by Gasteiger charge is 2.53. The van der Waals surface area contributed by atoms with Crippen LogP contribution in [0.15, 0.2) is 42.5 Å². The molecule has 2 N–H and O–H groups in total. The molecule has 5 aromatic rings. The largest absolute Gasteiger partial charge is 0.481 e. The fraction of sp³-hybridized carbons (Fsp3) is 0.435. The number of halogens is 11. The van der Waals surface area contributed by atoms with E-state index in [1.165, 1.54) is 41.7 Å². The summed E-state index contributed by atoms with van der Waals surface area (Å²) in [4.78, 5) is 45.9. The second-order valence-electron chi connectivity index (χ2n) is 17.8. The van der Waals surface area contributed by atoms with Crippen LogP contribution in [0.4, 0.5) is 54.5 Å². The molecule has 0 radical (unpaired) electrons. The van der Waals surface area contributed by atoms with Crippen molar-refractivity contribution >= 4 is 69.0 Å². The number of piperidine rings is 1. The first kappa shape index (κ1) is 53.9. The summed E-state index contributed by atoms with van der Waals surface area (Å²) >= 11 is 7.56. The summed E-state index contributed by atoms with van der Waals surface area (Å²) < 4.78 is 160. The first-order valence-electron chi connectivity index (χ1n) is 21.8. The maximum atomic E-state index is 15.4. The first-order valence-corrected chi connectivity index (χ1v) is 24.9. The zero-order valence-electron chi connectivity index (χ0n) is 38.6. The van der Waals surface area contributed by atoms with Crippen LogP contribution in [-0.2, 0) is 52.0 Å². The van der Waals surface area contributed by atoms with Crippen molar-refractivity contribution in [2.45, 2.75) is 94.5 Å². The highest BCUT2D eigenvalue weighted by molar-refractivity contribution is 8.00. The van der Waals surface area contributed by atoms with Crippen molar-refractivity contribution < 1.29 is 67.6 Å². The van der Waals surface area contributed by atoms with Gasteiger partial charge in [-0.3, -0.25) is 23.2 Å². The van der Waals surface area contributed by atoms with Crippen molar-refractivity contribution in [2.75, 3.05) is 29.9 Å². The number of rotatable bonds is 12. The van der Waals surface area contributed by atoms with Gasteiger partial charge < -0.3 is 15.3 Å². The number of carbonyl (C=O) groups is 3. The molecular formula is C46H43ClF10N8O5S2. The van der Waals surface area contributed by atoms with E-state index < -0.39 is 124 Å². The Morgan fingerprint density at radius 3 is 2.22 bits per heavy atom. The number of hydrogen-bond donors (Lipinski definition) is 2. The van der Waals surface area contributed by atoms with Crippen LogP contribution in [0.5, 0.6) is 0 Å². The van der Waals surface area contributed by atoms with Crippen molar-refractivity contribution in [3.8, 4) is 23.0 Å². The zero-order chi connectivity index (χ0) is 53.0. The summed E-state index contributed by atoms with van der Waals surface area (Å²) in [5.41, 5.74) is -4.72. The van der Waals surface area contributed by atoms with Gasteiger partial charge in [0.05, 0.1) is 33.6 Å². The van der Waals surface area contributed by atoms with E-state index in [0.29, 0.717) is 10.7 Å². The van der Waals surface area contributed by atoms with Crippen LogP contribution >= 0.6 is 23.5 Å². The minimum Gasteiger partial charge on any atom is -0.481 e. The maximum Gasteiger partial charge on any atom is 0.435 e. The molecule has 2 aliphatic rings. The van der Waals surface area contributed by atoms with Crippen molar-refractivity contribution in [3.05, 3.63) is 93.0 Å². The lowest BCUT2D eigenvalue weighted by Gasteiger charge is -2.33. The highest BCUT2D eigenvalue weighted by Crippen LogP contribution is 2.52. The summed E-state index contributed by atoms with van der Waals surface area (Å²) in [6.45, 7) is 1.21. The van der Waals surface area contributed by atoms with Crippen LogP contribution in [0.3, 0.4) is 0 Å². The van der Waals surface area contributed by atoms with Gasteiger partial charge in [-0.2, -0.15) is 45.3 Å². The first-order chi connectivity index (χ1) is 33.5. The number of amides is 3. The maximum absolute atomic E-state index is 15.4. The smallest absolute Gasteiger partial charge is 0.435 e. The van der Waals surface area contributed by atoms with Crippen molar-refractivity contribution in [1.82, 2.24) is 34.8 Å². The van der Waals surface area contributed by atoms with E-state index >= 15 is 8.78 Å². The Hall–Kier alpha value is -5.87. The van der Waals surface area contributed by atoms with E-state index in [4.69, 9.17) is 11.6 Å². The Balaban J connectivity index is 1.44. The number of nitrogens with one attached hydrogen (secondary N) is 1. The molecule has 4 heterocycles. The van der Waals surface area contributed by atoms with E-state index in [1.807, 2.05) is 0 Å². The molecule has 26 heteroatoms. The molecule has 2 unspecified atom stereocenters. The Morgan fingerprint density at radius 1 is 1.00 bits per heavy atom. The van der Waals surface area contributed by atoms with Crippen molar-refractivity contribution in [1.29, 1.82) is 0 Å². The summed E-state index contributed by atoms with van der Waals surface area (Å²) in [6, 6.07) is 5.08. The number of pyridine rings is 1. The molecule has 0 spiro atoms. The van der Waals surface area contributed by atoms with E-state index in [0.717, 1.165) is 35.3 Å². The fourth-order valence-corrected chi connectivity index (χ4v) is 9.73. The SMILES string of the molecule is CSN(C(=O)N1CCC(C(=O)O)CC1)c1nn(CC(F)(F)F)c2c(-c3ccc(C#CC(C)(C)S(C)=O)nc3C(Cc3cc(F)cc(F)c3)NC(=O)Cn3nc(C(F)(F)F)c4c3C(F)(F)C[C@@H]4C)ccc(Cl)c12. The number of anilines is 1. The number of carbonyl (C=O) groups excluding carboxylic acids is 2. The third kappa shape index (κ3) is 11.3. The lowest BCUT2D eigenvalue weighted by molar-refractivity contribution is -0.143. The summed E-state index contributed by atoms with van der Waals surface area (Å²) in [7, 11) is -1.54. The zero-order valence-corrected chi connectivity index (χ0v) is 41.0. The number of nitrogens with zero attached hydrogens (tertiary/aromatic N) is 7. The number of carboxylic acid groups (broad SMARTS) is 1. The Bertz CT molecular complexity index is 3030. The third-order valence-corrected chi connectivity index (χ3v) is 14.8. The minimum absolute atomic E-state index is 0.0150. The number of alkyl halides is 8. The molecule has 1 aliphatic heterocycles. The third-order valence-electron chi connectivity index (χ3n) is 12.2. The van der Waals surface area contributed by atoms with Crippen LogP contribution in [-0.4, -0.2) is 93.2 Å². The van der Waals surface area contributed by atoms with Gasteiger partial charge in [-0.25, -0.2) is 22.9 Å². The second-order valence-corrected chi connectivity index (χ2v) is 20.9.